The fraction of sp³-hybridized carbons (Fsp3) is 0.429. The number of piperidine rings is 1. The van der Waals surface area contributed by atoms with Crippen molar-refractivity contribution in [1.82, 2.24) is 4.90 Å². The minimum atomic E-state index is -3.09. The maximum Gasteiger partial charge on any atom is 0.387 e. The van der Waals surface area contributed by atoms with Gasteiger partial charge in [0.2, 0.25) is 5.91 Å². The predicted molar refractivity (Wildman–Crippen MR) is 72.3 cm³/mol. The van der Waals surface area contributed by atoms with Crippen molar-refractivity contribution >= 4 is 11.8 Å². The molecule has 1 aliphatic rings. The van der Waals surface area contributed by atoms with E-state index in [4.69, 9.17) is 5.73 Å². The van der Waals surface area contributed by atoms with Gasteiger partial charge in [0.15, 0.2) is 0 Å². The van der Waals surface area contributed by atoms with Crippen LogP contribution in [0, 0.1) is 5.82 Å². The fourth-order valence-electron chi connectivity index (χ4n) is 2.34. The van der Waals surface area contributed by atoms with E-state index in [1.165, 1.54) is 4.90 Å². The van der Waals surface area contributed by atoms with Gasteiger partial charge in [-0.15, -0.1) is 0 Å². The van der Waals surface area contributed by atoms with Crippen LogP contribution in [0.15, 0.2) is 18.2 Å². The molecule has 1 aliphatic heterocycles. The maximum absolute atomic E-state index is 13.9. The summed E-state index contributed by atoms with van der Waals surface area (Å²) < 4.78 is 42.1. The number of ether oxygens (including phenoxy) is 1. The van der Waals surface area contributed by atoms with Crippen molar-refractivity contribution in [3.05, 3.63) is 29.6 Å². The average Bonchev–Trinajstić information content (AvgIpc) is 2.46. The number of hydrogen-bond donors (Lipinski definition) is 2. The monoisotopic (exact) mass is 332 g/mol. The lowest BCUT2D eigenvalue weighted by Crippen LogP contribution is -2.53. The van der Waals surface area contributed by atoms with Gasteiger partial charge in [0.25, 0.3) is 5.91 Å². The SMILES string of the molecule is NC(=O)C1(O)CCN(C(=O)c2ccc(OC(F)F)cc2F)CC1. The second-order valence-electron chi connectivity index (χ2n) is 5.21. The van der Waals surface area contributed by atoms with Gasteiger partial charge < -0.3 is 20.5 Å². The topological polar surface area (TPSA) is 92.9 Å². The van der Waals surface area contributed by atoms with E-state index >= 15 is 0 Å². The van der Waals surface area contributed by atoms with Gasteiger partial charge in [0, 0.05) is 32.0 Å². The lowest BCUT2D eigenvalue weighted by Gasteiger charge is -2.36. The highest BCUT2D eigenvalue weighted by atomic mass is 19.3. The first kappa shape index (κ1) is 17.1. The van der Waals surface area contributed by atoms with Gasteiger partial charge >= 0.3 is 6.61 Å². The van der Waals surface area contributed by atoms with Crippen LogP contribution in [0.3, 0.4) is 0 Å². The average molecular weight is 332 g/mol. The lowest BCUT2D eigenvalue weighted by atomic mass is 9.90. The first-order valence-electron chi connectivity index (χ1n) is 6.79. The molecular weight excluding hydrogens is 317 g/mol. The number of likely N-dealkylation sites (tertiary alicyclic amines) is 1. The molecule has 1 aromatic rings. The minimum Gasteiger partial charge on any atom is -0.435 e. The van der Waals surface area contributed by atoms with Crippen molar-refractivity contribution in [3.63, 3.8) is 0 Å². The second-order valence-corrected chi connectivity index (χ2v) is 5.21. The molecule has 9 heteroatoms. The second kappa shape index (κ2) is 6.45. The summed E-state index contributed by atoms with van der Waals surface area (Å²) in [4.78, 5) is 24.6. The molecular formula is C14H15F3N2O4. The third kappa shape index (κ3) is 3.73. The number of carbonyl (C=O) groups is 2. The number of hydrogen-bond acceptors (Lipinski definition) is 4. The van der Waals surface area contributed by atoms with Crippen LogP contribution in [0.1, 0.15) is 23.2 Å². The van der Waals surface area contributed by atoms with Crippen molar-refractivity contribution in [2.75, 3.05) is 13.1 Å². The Bertz CT molecular complexity index is 616. The number of aliphatic hydroxyl groups is 1. The number of rotatable bonds is 4. The molecule has 1 heterocycles. The van der Waals surface area contributed by atoms with E-state index in [2.05, 4.69) is 4.74 Å². The number of amides is 2. The molecule has 1 saturated heterocycles. The Labute approximate surface area is 129 Å². The summed E-state index contributed by atoms with van der Waals surface area (Å²) in [6.07, 6.45) is -0.107. The summed E-state index contributed by atoms with van der Waals surface area (Å²) >= 11 is 0. The summed E-state index contributed by atoms with van der Waals surface area (Å²) in [6.45, 7) is -3.05. The molecule has 0 aliphatic carbocycles. The number of nitrogens with zero attached hydrogens (tertiary/aromatic N) is 1. The highest BCUT2D eigenvalue weighted by Gasteiger charge is 2.39. The molecule has 2 rings (SSSR count). The minimum absolute atomic E-state index is 0.0208. The Morgan fingerprint density at radius 3 is 2.39 bits per heavy atom. The van der Waals surface area contributed by atoms with E-state index in [0.29, 0.717) is 6.07 Å². The Kier molecular flexibility index (Phi) is 4.79. The van der Waals surface area contributed by atoms with Crippen LogP contribution in [-0.2, 0) is 4.79 Å². The van der Waals surface area contributed by atoms with Crippen LogP contribution < -0.4 is 10.5 Å². The zero-order chi connectivity index (χ0) is 17.2. The normalized spacial score (nSPS) is 17.2. The van der Waals surface area contributed by atoms with E-state index < -0.39 is 35.6 Å². The third-order valence-corrected chi connectivity index (χ3v) is 3.73. The number of primary amides is 1. The molecule has 0 unspecified atom stereocenters. The van der Waals surface area contributed by atoms with Gasteiger partial charge in [-0.3, -0.25) is 9.59 Å². The molecule has 6 nitrogen and oxygen atoms in total. The molecule has 0 saturated carbocycles. The lowest BCUT2D eigenvalue weighted by molar-refractivity contribution is -0.140. The molecule has 3 N–H and O–H groups in total. The first-order valence-corrected chi connectivity index (χ1v) is 6.79. The molecule has 0 radical (unpaired) electrons. The van der Waals surface area contributed by atoms with Gasteiger partial charge in [-0.25, -0.2) is 4.39 Å². The summed E-state index contributed by atoms with van der Waals surface area (Å²) in [5.74, 6) is -2.93. The van der Waals surface area contributed by atoms with Crippen LogP contribution in [-0.4, -0.2) is 47.1 Å². The van der Waals surface area contributed by atoms with Crippen molar-refractivity contribution in [3.8, 4) is 5.75 Å². The van der Waals surface area contributed by atoms with Crippen LogP contribution in [0.25, 0.3) is 0 Å². The summed E-state index contributed by atoms with van der Waals surface area (Å²) in [6, 6.07) is 2.81. The zero-order valence-corrected chi connectivity index (χ0v) is 12.0. The molecule has 0 bridgehead atoms. The Hall–Kier alpha value is -2.29. The third-order valence-electron chi connectivity index (χ3n) is 3.73. The highest BCUT2D eigenvalue weighted by molar-refractivity contribution is 5.95. The number of benzene rings is 1. The quantitative estimate of drug-likeness (QED) is 0.856. The zero-order valence-electron chi connectivity index (χ0n) is 12.0. The Morgan fingerprint density at radius 1 is 1.30 bits per heavy atom. The molecule has 2 amide bonds. The largest absolute Gasteiger partial charge is 0.435 e. The van der Waals surface area contributed by atoms with Gasteiger partial charge in [0.1, 0.15) is 17.2 Å². The molecule has 0 aromatic heterocycles. The summed E-state index contributed by atoms with van der Waals surface area (Å²) in [5, 5.41) is 9.92. The van der Waals surface area contributed by atoms with Crippen molar-refractivity contribution in [1.29, 1.82) is 0 Å². The van der Waals surface area contributed by atoms with E-state index in [-0.39, 0.29) is 31.5 Å². The van der Waals surface area contributed by atoms with E-state index in [0.717, 1.165) is 12.1 Å². The van der Waals surface area contributed by atoms with Crippen molar-refractivity contribution in [2.24, 2.45) is 5.73 Å². The number of alkyl halides is 2. The molecule has 0 spiro atoms. The first-order chi connectivity index (χ1) is 10.7. The standard InChI is InChI=1S/C14H15F3N2O4/c15-10-7-8(23-13(16)17)1-2-9(10)11(20)19-5-3-14(22,4-6-19)12(18)21/h1-2,7,13,22H,3-6H2,(H2,18,21). The van der Waals surface area contributed by atoms with Crippen LogP contribution in [0.5, 0.6) is 5.75 Å². The Balaban J connectivity index is 2.08. The molecule has 1 aromatic carbocycles. The number of nitrogens with two attached hydrogens (primary N) is 1. The van der Waals surface area contributed by atoms with Gasteiger partial charge in [-0.05, 0) is 12.1 Å². The fourth-order valence-corrected chi connectivity index (χ4v) is 2.34. The van der Waals surface area contributed by atoms with E-state index in [1.807, 2.05) is 0 Å². The Morgan fingerprint density at radius 2 is 1.91 bits per heavy atom. The van der Waals surface area contributed by atoms with Gasteiger partial charge in [-0.2, -0.15) is 8.78 Å². The molecule has 1 fully saturated rings. The molecule has 0 atom stereocenters. The number of halogens is 3. The molecule has 126 valence electrons. The van der Waals surface area contributed by atoms with Crippen LogP contribution in [0.4, 0.5) is 13.2 Å². The number of carbonyl (C=O) groups excluding carboxylic acids is 2. The van der Waals surface area contributed by atoms with Crippen LogP contribution in [0.2, 0.25) is 0 Å². The molecule has 23 heavy (non-hydrogen) atoms. The van der Waals surface area contributed by atoms with Crippen LogP contribution >= 0.6 is 0 Å². The predicted octanol–water partition coefficient (Wildman–Crippen LogP) is 0.879. The maximum atomic E-state index is 13.9. The van der Waals surface area contributed by atoms with Crippen molar-refractivity contribution in [2.45, 2.75) is 25.1 Å². The van der Waals surface area contributed by atoms with Crippen molar-refractivity contribution < 1.29 is 32.6 Å². The van der Waals surface area contributed by atoms with E-state index in [9.17, 15) is 27.9 Å². The van der Waals surface area contributed by atoms with Gasteiger partial charge in [0.05, 0.1) is 5.56 Å². The summed E-state index contributed by atoms with van der Waals surface area (Å²) in [7, 11) is 0. The smallest absolute Gasteiger partial charge is 0.387 e. The van der Waals surface area contributed by atoms with E-state index in [1.54, 1.807) is 0 Å². The van der Waals surface area contributed by atoms with Gasteiger partial charge in [-0.1, -0.05) is 0 Å². The summed E-state index contributed by atoms with van der Waals surface area (Å²) in [5.41, 5.74) is 3.10. The highest BCUT2D eigenvalue weighted by Crippen LogP contribution is 2.25.